The van der Waals surface area contributed by atoms with Gasteiger partial charge in [-0.3, -0.25) is 0 Å². The molecule has 0 fully saturated rings. The number of hydrogen-bond donors (Lipinski definition) is 1. The van der Waals surface area contributed by atoms with E-state index in [0.29, 0.717) is 5.82 Å². The van der Waals surface area contributed by atoms with E-state index in [4.69, 9.17) is 5.26 Å². The third kappa shape index (κ3) is 2.42. The van der Waals surface area contributed by atoms with Gasteiger partial charge in [-0.05, 0) is 13.8 Å². The first-order valence-corrected chi connectivity index (χ1v) is 4.58. The Morgan fingerprint density at radius 3 is 2.53 bits per heavy atom. The number of likely N-dealkylation sites (N-methyl/N-ethyl adjacent to an activating group) is 1. The van der Waals surface area contributed by atoms with Crippen LogP contribution in [0.15, 0.2) is 12.4 Å². The van der Waals surface area contributed by atoms with Crippen LogP contribution in [0.25, 0.3) is 0 Å². The van der Waals surface area contributed by atoms with Crippen LogP contribution < -0.4 is 4.90 Å². The lowest BCUT2D eigenvalue weighted by Crippen LogP contribution is -2.44. The van der Waals surface area contributed by atoms with Crippen molar-refractivity contribution in [2.75, 3.05) is 18.6 Å². The minimum atomic E-state index is -0.400. The monoisotopic (exact) mass is 206 g/mol. The second-order valence-corrected chi connectivity index (χ2v) is 3.90. The first-order valence-electron chi connectivity index (χ1n) is 4.58. The molecule has 5 heteroatoms. The lowest BCUT2D eigenvalue weighted by molar-refractivity contribution is 0.215. The molecule has 0 spiro atoms. The molecule has 1 aromatic heterocycles. The van der Waals surface area contributed by atoms with Crippen molar-refractivity contribution in [3.8, 4) is 6.07 Å². The van der Waals surface area contributed by atoms with E-state index in [1.54, 1.807) is 0 Å². The molecule has 0 aliphatic heterocycles. The van der Waals surface area contributed by atoms with E-state index in [1.807, 2.05) is 31.9 Å². The standard InChI is InChI=1S/C10H14N4O/c1-10(2,7-15)14(3)9-6-12-8(4-11)5-13-9/h5-6,15H,7H2,1-3H3. The van der Waals surface area contributed by atoms with Crippen molar-refractivity contribution >= 4 is 5.82 Å². The molecule has 0 atom stereocenters. The van der Waals surface area contributed by atoms with Crippen LogP contribution in [0.4, 0.5) is 5.82 Å². The molecule has 0 saturated heterocycles. The largest absolute Gasteiger partial charge is 0.394 e. The maximum absolute atomic E-state index is 9.18. The predicted octanol–water partition coefficient (Wildman–Crippen LogP) is 0.555. The molecule has 15 heavy (non-hydrogen) atoms. The summed E-state index contributed by atoms with van der Waals surface area (Å²) in [6.45, 7) is 3.81. The maximum atomic E-state index is 9.18. The highest BCUT2D eigenvalue weighted by atomic mass is 16.3. The van der Waals surface area contributed by atoms with Crippen LogP contribution >= 0.6 is 0 Å². The highest BCUT2D eigenvalue weighted by Crippen LogP contribution is 2.18. The summed E-state index contributed by atoms with van der Waals surface area (Å²) >= 11 is 0. The highest BCUT2D eigenvalue weighted by molar-refractivity contribution is 5.39. The third-order valence-electron chi connectivity index (χ3n) is 2.39. The molecule has 0 saturated carbocycles. The quantitative estimate of drug-likeness (QED) is 0.782. The lowest BCUT2D eigenvalue weighted by Gasteiger charge is -2.34. The SMILES string of the molecule is CN(c1cnc(C#N)cn1)C(C)(C)CO. The fraction of sp³-hybridized carbons (Fsp3) is 0.500. The smallest absolute Gasteiger partial charge is 0.158 e. The number of aliphatic hydroxyl groups excluding tert-OH is 1. The van der Waals surface area contributed by atoms with Crippen molar-refractivity contribution in [1.29, 1.82) is 5.26 Å². The van der Waals surface area contributed by atoms with E-state index in [-0.39, 0.29) is 12.3 Å². The van der Waals surface area contributed by atoms with E-state index in [0.717, 1.165) is 0 Å². The highest BCUT2D eigenvalue weighted by Gasteiger charge is 2.23. The minimum Gasteiger partial charge on any atom is -0.394 e. The number of nitriles is 1. The Morgan fingerprint density at radius 2 is 2.13 bits per heavy atom. The Hall–Kier alpha value is -1.67. The predicted molar refractivity (Wildman–Crippen MR) is 56.3 cm³/mol. The Kier molecular flexibility index (Phi) is 3.22. The van der Waals surface area contributed by atoms with E-state index >= 15 is 0 Å². The first-order chi connectivity index (χ1) is 7.01. The van der Waals surface area contributed by atoms with Gasteiger partial charge in [-0.15, -0.1) is 0 Å². The normalized spacial score (nSPS) is 10.9. The van der Waals surface area contributed by atoms with Gasteiger partial charge in [-0.25, -0.2) is 9.97 Å². The van der Waals surface area contributed by atoms with Crippen LogP contribution in [0.3, 0.4) is 0 Å². The number of aromatic nitrogens is 2. The summed E-state index contributed by atoms with van der Waals surface area (Å²) in [5.41, 5.74) is -0.114. The molecule has 1 N–H and O–H groups in total. The van der Waals surface area contributed by atoms with Crippen molar-refractivity contribution in [3.05, 3.63) is 18.1 Å². The molecule has 0 aromatic carbocycles. The molecule has 0 radical (unpaired) electrons. The number of anilines is 1. The summed E-state index contributed by atoms with van der Waals surface area (Å²) in [7, 11) is 1.83. The van der Waals surface area contributed by atoms with Gasteiger partial charge in [0.05, 0.1) is 24.5 Å². The molecule has 1 rings (SSSR count). The van der Waals surface area contributed by atoms with Crippen molar-refractivity contribution in [2.45, 2.75) is 19.4 Å². The molecular formula is C10H14N4O. The molecule has 0 amide bonds. The molecule has 80 valence electrons. The van der Waals surface area contributed by atoms with Gasteiger partial charge < -0.3 is 10.0 Å². The van der Waals surface area contributed by atoms with Gasteiger partial charge in [0.2, 0.25) is 0 Å². The average Bonchev–Trinajstić information content (AvgIpc) is 2.28. The molecule has 1 heterocycles. The maximum Gasteiger partial charge on any atom is 0.158 e. The van der Waals surface area contributed by atoms with Crippen LogP contribution in [0.1, 0.15) is 19.5 Å². The topological polar surface area (TPSA) is 73.0 Å². The molecule has 0 aliphatic carbocycles. The second-order valence-electron chi connectivity index (χ2n) is 3.90. The Morgan fingerprint density at radius 1 is 1.47 bits per heavy atom. The van der Waals surface area contributed by atoms with Crippen molar-refractivity contribution in [2.24, 2.45) is 0 Å². The van der Waals surface area contributed by atoms with Gasteiger partial charge >= 0.3 is 0 Å². The number of hydrogen-bond acceptors (Lipinski definition) is 5. The molecule has 0 aliphatic rings. The van der Waals surface area contributed by atoms with Crippen LogP contribution in [0.2, 0.25) is 0 Å². The van der Waals surface area contributed by atoms with Crippen molar-refractivity contribution < 1.29 is 5.11 Å². The summed E-state index contributed by atoms with van der Waals surface area (Å²) in [5.74, 6) is 0.632. The molecule has 1 aromatic rings. The zero-order valence-corrected chi connectivity index (χ0v) is 9.10. The van der Waals surface area contributed by atoms with Gasteiger partial charge in [0.1, 0.15) is 11.9 Å². The Bertz CT molecular complexity index is 366. The summed E-state index contributed by atoms with van der Waals surface area (Å²) in [5, 5.41) is 17.8. The average molecular weight is 206 g/mol. The Labute approximate surface area is 89.0 Å². The van der Waals surface area contributed by atoms with Crippen LogP contribution in [-0.2, 0) is 0 Å². The van der Waals surface area contributed by atoms with Crippen molar-refractivity contribution in [3.63, 3.8) is 0 Å². The molecule has 0 bridgehead atoms. The van der Waals surface area contributed by atoms with Gasteiger partial charge in [0, 0.05) is 7.05 Å². The summed E-state index contributed by atoms with van der Waals surface area (Å²) < 4.78 is 0. The number of nitrogens with zero attached hydrogens (tertiary/aromatic N) is 4. The van der Waals surface area contributed by atoms with Gasteiger partial charge in [-0.1, -0.05) is 0 Å². The molecule has 0 unspecified atom stereocenters. The van der Waals surface area contributed by atoms with E-state index in [1.165, 1.54) is 12.4 Å². The summed E-state index contributed by atoms with van der Waals surface area (Å²) in [6.07, 6.45) is 2.94. The fourth-order valence-electron chi connectivity index (χ4n) is 0.968. The van der Waals surface area contributed by atoms with Crippen molar-refractivity contribution in [1.82, 2.24) is 9.97 Å². The third-order valence-corrected chi connectivity index (χ3v) is 2.39. The zero-order valence-electron chi connectivity index (χ0n) is 9.10. The second kappa shape index (κ2) is 4.24. The van der Waals surface area contributed by atoms with Gasteiger partial charge in [-0.2, -0.15) is 5.26 Å². The van der Waals surface area contributed by atoms with E-state index in [2.05, 4.69) is 9.97 Å². The van der Waals surface area contributed by atoms with Gasteiger partial charge in [0.25, 0.3) is 0 Å². The Balaban J connectivity index is 2.93. The lowest BCUT2D eigenvalue weighted by atomic mass is 10.1. The fourth-order valence-corrected chi connectivity index (χ4v) is 0.968. The summed E-state index contributed by atoms with van der Waals surface area (Å²) in [4.78, 5) is 9.83. The van der Waals surface area contributed by atoms with Crippen LogP contribution in [-0.4, -0.2) is 34.3 Å². The zero-order chi connectivity index (χ0) is 11.5. The summed E-state index contributed by atoms with van der Waals surface area (Å²) in [6, 6.07) is 1.90. The molecular weight excluding hydrogens is 192 g/mol. The number of aliphatic hydroxyl groups is 1. The van der Waals surface area contributed by atoms with E-state index < -0.39 is 5.54 Å². The molecule has 5 nitrogen and oxygen atoms in total. The number of rotatable bonds is 3. The minimum absolute atomic E-state index is 0.0190. The van der Waals surface area contributed by atoms with Crippen LogP contribution in [0.5, 0.6) is 0 Å². The first kappa shape index (κ1) is 11.4. The van der Waals surface area contributed by atoms with E-state index in [9.17, 15) is 5.11 Å². The van der Waals surface area contributed by atoms with Crippen LogP contribution in [0, 0.1) is 11.3 Å². The van der Waals surface area contributed by atoms with Gasteiger partial charge in [0.15, 0.2) is 5.69 Å².